The zero-order valence-corrected chi connectivity index (χ0v) is 14.6. The van der Waals surface area contributed by atoms with E-state index in [4.69, 9.17) is 10.7 Å². The normalized spacial score (nSPS) is 13.2. The molecule has 0 bridgehead atoms. The summed E-state index contributed by atoms with van der Waals surface area (Å²) in [5.41, 5.74) is 12.4. The van der Waals surface area contributed by atoms with Gasteiger partial charge in [-0.15, -0.1) is 11.3 Å². The predicted octanol–water partition coefficient (Wildman–Crippen LogP) is 4.24. The average molecular weight is 337 g/mol. The molecule has 2 heterocycles. The minimum Gasteiger partial charge on any atom is -0.397 e. The number of pyridine rings is 1. The lowest BCUT2D eigenvalue weighted by Crippen LogP contribution is -2.12. The van der Waals surface area contributed by atoms with Gasteiger partial charge >= 0.3 is 0 Å². The first kappa shape index (κ1) is 15.1. The number of carbonyl (C=O) groups is 1. The van der Waals surface area contributed by atoms with E-state index >= 15 is 0 Å². The van der Waals surface area contributed by atoms with Crippen LogP contribution in [0.4, 0.5) is 11.4 Å². The van der Waals surface area contributed by atoms with Crippen molar-refractivity contribution in [1.29, 1.82) is 0 Å². The Hall–Kier alpha value is -2.40. The van der Waals surface area contributed by atoms with Gasteiger partial charge in [0, 0.05) is 16.8 Å². The second-order valence-corrected chi connectivity index (χ2v) is 7.40. The van der Waals surface area contributed by atoms with Crippen LogP contribution in [0.3, 0.4) is 0 Å². The maximum absolute atomic E-state index is 12.6. The van der Waals surface area contributed by atoms with E-state index in [0.717, 1.165) is 46.4 Å². The Labute approximate surface area is 144 Å². The number of nitrogens with two attached hydrogens (primary N) is 1. The van der Waals surface area contributed by atoms with E-state index in [-0.39, 0.29) is 5.91 Å². The van der Waals surface area contributed by atoms with Crippen molar-refractivity contribution in [3.8, 4) is 0 Å². The molecule has 5 heteroatoms. The van der Waals surface area contributed by atoms with E-state index in [1.165, 1.54) is 22.5 Å². The Morgan fingerprint density at radius 3 is 2.83 bits per heavy atom. The molecule has 4 nitrogen and oxygen atoms in total. The van der Waals surface area contributed by atoms with Crippen LogP contribution in [0.5, 0.6) is 0 Å². The van der Waals surface area contributed by atoms with Crippen LogP contribution in [0.25, 0.3) is 10.2 Å². The molecule has 122 valence electrons. The molecule has 0 atom stereocenters. The number of nitrogens with zero attached hydrogens (tertiary/aromatic N) is 1. The third-order valence-electron chi connectivity index (χ3n) is 4.72. The fourth-order valence-electron chi connectivity index (χ4n) is 3.17. The van der Waals surface area contributed by atoms with Crippen LogP contribution in [-0.2, 0) is 12.8 Å². The third-order valence-corrected chi connectivity index (χ3v) is 5.83. The standard InChI is InChI=1S/C19H19N3OS/c1-10-6-7-13(8-11(10)2)21-18(23)17-16(20)14-9-12-4-3-5-15(12)22-19(14)24-17/h6-9H,3-5,20H2,1-2H3,(H,21,23). The van der Waals surface area contributed by atoms with Crippen LogP contribution in [0, 0.1) is 13.8 Å². The summed E-state index contributed by atoms with van der Waals surface area (Å²) in [5.74, 6) is -0.168. The molecule has 0 unspecified atom stereocenters. The van der Waals surface area contributed by atoms with E-state index in [0.29, 0.717) is 10.6 Å². The van der Waals surface area contributed by atoms with E-state index in [2.05, 4.69) is 18.3 Å². The molecule has 0 saturated carbocycles. The summed E-state index contributed by atoms with van der Waals surface area (Å²) in [5, 5.41) is 3.86. The number of nitrogens with one attached hydrogen (secondary N) is 1. The van der Waals surface area contributed by atoms with Crippen LogP contribution in [0.2, 0.25) is 0 Å². The number of carbonyl (C=O) groups excluding carboxylic acids is 1. The molecule has 1 aliphatic carbocycles. The monoisotopic (exact) mass is 337 g/mol. The Morgan fingerprint density at radius 1 is 1.21 bits per heavy atom. The van der Waals surface area contributed by atoms with Gasteiger partial charge < -0.3 is 11.1 Å². The lowest BCUT2D eigenvalue weighted by molar-refractivity contribution is 0.103. The molecule has 1 aromatic carbocycles. The second kappa shape index (κ2) is 5.60. The highest BCUT2D eigenvalue weighted by molar-refractivity contribution is 7.21. The molecule has 0 spiro atoms. The zero-order valence-electron chi connectivity index (χ0n) is 13.8. The molecular weight excluding hydrogens is 318 g/mol. The fourth-order valence-corrected chi connectivity index (χ4v) is 4.17. The number of benzene rings is 1. The fraction of sp³-hybridized carbons (Fsp3) is 0.263. The van der Waals surface area contributed by atoms with Crippen molar-refractivity contribution in [3.05, 3.63) is 51.5 Å². The molecule has 0 aliphatic heterocycles. The molecule has 1 aliphatic rings. The van der Waals surface area contributed by atoms with Crippen LogP contribution >= 0.6 is 11.3 Å². The molecule has 4 rings (SSSR count). The van der Waals surface area contributed by atoms with Crippen LogP contribution in [-0.4, -0.2) is 10.9 Å². The van der Waals surface area contributed by atoms with E-state index in [1.807, 2.05) is 25.1 Å². The van der Waals surface area contributed by atoms with E-state index in [9.17, 15) is 4.79 Å². The summed E-state index contributed by atoms with van der Waals surface area (Å²) in [6.07, 6.45) is 3.23. The van der Waals surface area contributed by atoms with Gasteiger partial charge in [-0.1, -0.05) is 6.07 Å². The number of rotatable bonds is 2. The number of amides is 1. The molecule has 0 saturated heterocycles. The van der Waals surface area contributed by atoms with Crippen molar-refractivity contribution in [2.75, 3.05) is 11.1 Å². The summed E-state index contributed by atoms with van der Waals surface area (Å²) in [6, 6.07) is 8.01. The summed E-state index contributed by atoms with van der Waals surface area (Å²) in [7, 11) is 0. The van der Waals surface area contributed by atoms with Crippen LogP contribution < -0.4 is 11.1 Å². The molecule has 2 aromatic heterocycles. The van der Waals surface area contributed by atoms with Crippen molar-refractivity contribution in [2.24, 2.45) is 0 Å². The summed E-state index contributed by atoms with van der Waals surface area (Å²) < 4.78 is 0. The lowest BCUT2D eigenvalue weighted by Gasteiger charge is -2.07. The first-order valence-electron chi connectivity index (χ1n) is 8.12. The first-order valence-corrected chi connectivity index (χ1v) is 8.94. The Morgan fingerprint density at radius 2 is 2.04 bits per heavy atom. The van der Waals surface area contributed by atoms with E-state index in [1.54, 1.807) is 0 Å². The SMILES string of the molecule is Cc1ccc(NC(=O)c2sc3nc4c(cc3c2N)CCC4)cc1C. The van der Waals surface area contributed by atoms with Gasteiger partial charge in [-0.05, 0) is 68.0 Å². The highest BCUT2D eigenvalue weighted by Crippen LogP contribution is 2.36. The largest absolute Gasteiger partial charge is 0.397 e. The van der Waals surface area contributed by atoms with Gasteiger partial charge in [0.2, 0.25) is 0 Å². The Bertz CT molecular complexity index is 974. The Balaban J connectivity index is 1.69. The van der Waals surface area contributed by atoms with Gasteiger partial charge in [0.05, 0.1) is 5.69 Å². The van der Waals surface area contributed by atoms with Gasteiger partial charge in [-0.2, -0.15) is 0 Å². The van der Waals surface area contributed by atoms with Gasteiger partial charge in [-0.25, -0.2) is 4.98 Å². The molecule has 1 amide bonds. The number of aromatic nitrogens is 1. The number of hydrogen-bond donors (Lipinski definition) is 2. The lowest BCUT2D eigenvalue weighted by atomic mass is 10.1. The van der Waals surface area contributed by atoms with E-state index < -0.39 is 0 Å². The van der Waals surface area contributed by atoms with Crippen molar-refractivity contribution >= 4 is 38.8 Å². The van der Waals surface area contributed by atoms with Gasteiger partial charge in [-0.3, -0.25) is 4.79 Å². The minimum absolute atomic E-state index is 0.168. The first-order chi connectivity index (χ1) is 11.5. The molecule has 3 N–H and O–H groups in total. The number of hydrogen-bond acceptors (Lipinski definition) is 4. The van der Waals surface area contributed by atoms with Crippen LogP contribution in [0.15, 0.2) is 24.3 Å². The predicted molar refractivity (Wildman–Crippen MR) is 99.9 cm³/mol. The van der Waals surface area contributed by atoms with Crippen molar-refractivity contribution in [1.82, 2.24) is 4.98 Å². The number of anilines is 2. The molecule has 3 aromatic rings. The number of nitrogen functional groups attached to an aromatic ring is 1. The summed E-state index contributed by atoms with van der Waals surface area (Å²) >= 11 is 1.38. The van der Waals surface area contributed by atoms with Crippen molar-refractivity contribution in [2.45, 2.75) is 33.1 Å². The van der Waals surface area contributed by atoms with Gasteiger partial charge in [0.25, 0.3) is 5.91 Å². The molecule has 0 radical (unpaired) electrons. The Kier molecular flexibility index (Phi) is 3.53. The van der Waals surface area contributed by atoms with Crippen LogP contribution in [0.1, 0.15) is 38.5 Å². The molecule has 24 heavy (non-hydrogen) atoms. The number of thiophene rings is 1. The third kappa shape index (κ3) is 2.45. The van der Waals surface area contributed by atoms with Crippen molar-refractivity contribution in [3.63, 3.8) is 0 Å². The second-order valence-electron chi connectivity index (χ2n) is 6.40. The highest BCUT2D eigenvalue weighted by Gasteiger charge is 2.21. The highest BCUT2D eigenvalue weighted by atomic mass is 32.1. The zero-order chi connectivity index (χ0) is 16.8. The quantitative estimate of drug-likeness (QED) is 0.735. The summed E-state index contributed by atoms with van der Waals surface area (Å²) in [6.45, 7) is 4.08. The number of fused-ring (bicyclic) bond motifs is 2. The van der Waals surface area contributed by atoms with Crippen molar-refractivity contribution < 1.29 is 4.79 Å². The van der Waals surface area contributed by atoms with Gasteiger partial charge in [0.15, 0.2) is 0 Å². The minimum atomic E-state index is -0.168. The smallest absolute Gasteiger partial charge is 0.267 e. The topological polar surface area (TPSA) is 68.0 Å². The maximum Gasteiger partial charge on any atom is 0.267 e. The number of aryl methyl sites for hydroxylation is 4. The molecular formula is C19H19N3OS. The molecule has 0 fully saturated rings. The average Bonchev–Trinajstić information content (AvgIpc) is 3.13. The maximum atomic E-state index is 12.6. The van der Waals surface area contributed by atoms with Gasteiger partial charge in [0.1, 0.15) is 9.71 Å². The summed E-state index contributed by atoms with van der Waals surface area (Å²) in [4.78, 5) is 18.8.